The van der Waals surface area contributed by atoms with Gasteiger partial charge in [-0.25, -0.2) is 14.0 Å². The second-order valence-electron chi connectivity index (χ2n) is 4.25. The summed E-state index contributed by atoms with van der Waals surface area (Å²) < 4.78 is 13.3. The number of amides is 2. The van der Waals surface area contributed by atoms with E-state index in [1.54, 1.807) is 0 Å². The number of carboxylic acid groups (broad SMARTS) is 1. The lowest BCUT2D eigenvalue weighted by Gasteiger charge is -2.21. The van der Waals surface area contributed by atoms with Crippen molar-refractivity contribution in [3.8, 4) is 0 Å². The van der Waals surface area contributed by atoms with E-state index in [1.807, 2.05) is 0 Å². The first-order chi connectivity index (χ1) is 8.99. The van der Waals surface area contributed by atoms with Gasteiger partial charge in [-0.05, 0) is 47.0 Å². The Morgan fingerprint density at radius 1 is 1.47 bits per heavy atom. The van der Waals surface area contributed by atoms with Crippen molar-refractivity contribution < 1.29 is 19.1 Å². The van der Waals surface area contributed by atoms with Crippen LogP contribution in [0, 0.1) is 5.82 Å². The SMILES string of the molecule is O=C(O)[C@H]1CCCN1C(=O)Nc1ccc(F)c(Br)c1. The van der Waals surface area contributed by atoms with Crippen LogP contribution in [0.15, 0.2) is 22.7 Å². The number of halogens is 2. The quantitative estimate of drug-likeness (QED) is 0.875. The Labute approximate surface area is 117 Å². The molecule has 0 aliphatic carbocycles. The van der Waals surface area contributed by atoms with Crippen LogP contribution >= 0.6 is 15.9 Å². The Hall–Kier alpha value is -1.63. The highest BCUT2D eigenvalue weighted by molar-refractivity contribution is 9.10. The molecule has 0 spiro atoms. The van der Waals surface area contributed by atoms with Gasteiger partial charge in [-0.3, -0.25) is 0 Å². The zero-order chi connectivity index (χ0) is 14.0. The van der Waals surface area contributed by atoms with E-state index < -0.39 is 23.9 Å². The molecule has 1 saturated heterocycles. The normalized spacial score (nSPS) is 18.4. The molecule has 0 aromatic heterocycles. The Morgan fingerprint density at radius 3 is 2.84 bits per heavy atom. The highest BCUT2D eigenvalue weighted by Crippen LogP contribution is 2.22. The summed E-state index contributed by atoms with van der Waals surface area (Å²) in [6, 6.07) is 2.80. The average Bonchev–Trinajstić information content (AvgIpc) is 2.83. The number of hydrogen-bond acceptors (Lipinski definition) is 2. The third-order valence-corrected chi connectivity index (χ3v) is 3.58. The number of carbonyl (C=O) groups is 2. The first-order valence-corrected chi connectivity index (χ1v) is 6.54. The molecule has 1 fully saturated rings. The van der Waals surface area contributed by atoms with Crippen molar-refractivity contribution in [2.24, 2.45) is 0 Å². The Bertz CT molecular complexity index is 524. The second-order valence-corrected chi connectivity index (χ2v) is 5.10. The molecule has 102 valence electrons. The number of carboxylic acids is 1. The zero-order valence-corrected chi connectivity index (χ0v) is 11.5. The van der Waals surface area contributed by atoms with E-state index in [9.17, 15) is 14.0 Å². The van der Waals surface area contributed by atoms with Gasteiger partial charge in [0, 0.05) is 12.2 Å². The maximum atomic E-state index is 13.1. The van der Waals surface area contributed by atoms with Gasteiger partial charge in [0.25, 0.3) is 0 Å². The topological polar surface area (TPSA) is 69.6 Å². The van der Waals surface area contributed by atoms with E-state index in [1.165, 1.54) is 23.1 Å². The number of urea groups is 1. The van der Waals surface area contributed by atoms with Crippen LogP contribution in [0.2, 0.25) is 0 Å². The number of benzene rings is 1. The van der Waals surface area contributed by atoms with Gasteiger partial charge in [0.2, 0.25) is 0 Å². The van der Waals surface area contributed by atoms with Crippen LogP contribution in [0.25, 0.3) is 0 Å². The molecule has 1 aromatic rings. The number of anilines is 1. The molecule has 1 atom stereocenters. The molecule has 0 radical (unpaired) electrons. The molecule has 7 heteroatoms. The average molecular weight is 331 g/mol. The van der Waals surface area contributed by atoms with Crippen molar-refractivity contribution in [2.75, 3.05) is 11.9 Å². The molecule has 19 heavy (non-hydrogen) atoms. The fraction of sp³-hybridized carbons (Fsp3) is 0.333. The second kappa shape index (κ2) is 5.56. The van der Waals surface area contributed by atoms with Gasteiger partial charge in [-0.1, -0.05) is 0 Å². The third-order valence-electron chi connectivity index (χ3n) is 2.97. The van der Waals surface area contributed by atoms with Crippen molar-refractivity contribution >= 4 is 33.6 Å². The summed E-state index contributed by atoms with van der Waals surface area (Å²) in [5.41, 5.74) is 0.411. The standard InChI is InChI=1S/C12H12BrFN2O3/c13-8-6-7(3-4-9(8)14)15-12(19)16-5-1-2-10(16)11(17)18/h3-4,6,10H,1-2,5H2,(H,15,19)(H,17,18)/t10-/m1/s1. The Balaban J connectivity index is 2.08. The lowest BCUT2D eigenvalue weighted by Crippen LogP contribution is -2.42. The summed E-state index contributed by atoms with van der Waals surface area (Å²) >= 11 is 3.02. The number of aliphatic carboxylic acids is 1. The van der Waals surface area contributed by atoms with Crippen molar-refractivity contribution in [1.82, 2.24) is 4.90 Å². The summed E-state index contributed by atoms with van der Waals surface area (Å²) in [7, 11) is 0. The maximum Gasteiger partial charge on any atom is 0.326 e. The molecule has 2 rings (SSSR count). The largest absolute Gasteiger partial charge is 0.480 e. The van der Waals surface area contributed by atoms with Gasteiger partial charge in [0.05, 0.1) is 4.47 Å². The monoisotopic (exact) mass is 330 g/mol. The zero-order valence-electron chi connectivity index (χ0n) is 9.90. The smallest absolute Gasteiger partial charge is 0.326 e. The summed E-state index contributed by atoms with van der Waals surface area (Å²) in [6.45, 7) is 0.408. The van der Waals surface area contributed by atoms with E-state index in [2.05, 4.69) is 21.2 Å². The van der Waals surface area contributed by atoms with E-state index in [0.29, 0.717) is 25.1 Å². The number of rotatable bonds is 2. The summed E-state index contributed by atoms with van der Waals surface area (Å²) in [4.78, 5) is 24.2. The Morgan fingerprint density at radius 2 is 2.21 bits per heavy atom. The molecule has 2 N–H and O–H groups in total. The highest BCUT2D eigenvalue weighted by Gasteiger charge is 2.33. The van der Waals surface area contributed by atoms with Crippen LogP contribution in [-0.4, -0.2) is 34.6 Å². The molecule has 1 aromatic carbocycles. The van der Waals surface area contributed by atoms with Crippen LogP contribution in [0.1, 0.15) is 12.8 Å². The predicted octanol–water partition coefficient (Wildman–Crippen LogP) is 2.67. The van der Waals surface area contributed by atoms with Gasteiger partial charge >= 0.3 is 12.0 Å². The summed E-state index contributed by atoms with van der Waals surface area (Å²) in [5, 5.41) is 11.6. The minimum absolute atomic E-state index is 0.238. The van der Waals surface area contributed by atoms with E-state index in [-0.39, 0.29) is 4.47 Å². The number of nitrogens with zero attached hydrogens (tertiary/aromatic N) is 1. The molecular formula is C12H12BrFN2O3. The summed E-state index contributed by atoms with van der Waals surface area (Å²) in [5.74, 6) is -1.43. The van der Waals surface area contributed by atoms with Gasteiger partial charge in [0.15, 0.2) is 0 Å². The van der Waals surface area contributed by atoms with Crippen LogP contribution < -0.4 is 5.32 Å². The molecular weight excluding hydrogens is 319 g/mol. The molecule has 1 aliphatic rings. The van der Waals surface area contributed by atoms with E-state index in [4.69, 9.17) is 5.11 Å². The van der Waals surface area contributed by atoms with Crippen LogP contribution in [-0.2, 0) is 4.79 Å². The molecule has 1 aliphatic heterocycles. The van der Waals surface area contributed by atoms with Gasteiger partial charge in [-0.15, -0.1) is 0 Å². The van der Waals surface area contributed by atoms with Crippen molar-refractivity contribution in [1.29, 1.82) is 0 Å². The number of likely N-dealkylation sites (tertiary alicyclic amines) is 1. The first-order valence-electron chi connectivity index (χ1n) is 5.74. The lowest BCUT2D eigenvalue weighted by atomic mass is 10.2. The number of nitrogens with one attached hydrogen (secondary N) is 1. The maximum absolute atomic E-state index is 13.1. The van der Waals surface area contributed by atoms with Gasteiger partial charge in [0.1, 0.15) is 11.9 Å². The van der Waals surface area contributed by atoms with Crippen molar-refractivity contribution in [3.05, 3.63) is 28.5 Å². The predicted molar refractivity (Wildman–Crippen MR) is 70.5 cm³/mol. The molecule has 0 bridgehead atoms. The summed E-state index contributed by atoms with van der Waals surface area (Å²) in [6.07, 6.45) is 1.12. The molecule has 5 nitrogen and oxygen atoms in total. The van der Waals surface area contributed by atoms with E-state index >= 15 is 0 Å². The lowest BCUT2D eigenvalue weighted by molar-refractivity contribution is -0.141. The molecule has 1 heterocycles. The Kier molecular flexibility index (Phi) is 4.04. The molecule has 2 amide bonds. The van der Waals surface area contributed by atoms with Gasteiger partial charge in [-0.2, -0.15) is 0 Å². The van der Waals surface area contributed by atoms with E-state index in [0.717, 1.165) is 0 Å². The van der Waals surface area contributed by atoms with Crippen molar-refractivity contribution in [2.45, 2.75) is 18.9 Å². The fourth-order valence-corrected chi connectivity index (χ4v) is 2.41. The van der Waals surface area contributed by atoms with Gasteiger partial charge < -0.3 is 15.3 Å². The number of hydrogen-bond donors (Lipinski definition) is 2. The van der Waals surface area contributed by atoms with Crippen LogP contribution in [0.5, 0.6) is 0 Å². The minimum atomic E-state index is -1.01. The van der Waals surface area contributed by atoms with Crippen LogP contribution in [0.3, 0.4) is 0 Å². The third kappa shape index (κ3) is 3.04. The first kappa shape index (κ1) is 13.8. The highest BCUT2D eigenvalue weighted by atomic mass is 79.9. The van der Waals surface area contributed by atoms with Crippen LogP contribution in [0.4, 0.5) is 14.9 Å². The molecule has 0 saturated carbocycles. The minimum Gasteiger partial charge on any atom is -0.480 e. The fourth-order valence-electron chi connectivity index (χ4n) is 2.04. The van der Waals surface area contributed by atoms with Crippen molar-refractivity contribution in [3.63, 3.8) is 0 Å². The number of carbonyl (C=O) groups excluding carboxylic acids is 1. The molecule has 0 unspecified atom stereocenters.